The third kappa shape index (κ3) is 3.49. The van der Waals surface area contributed by atoms with Crippen molar-refractivity contribution in [1.82, 2.24) is 14.8 Å². The third-order valence-electron chi connectivity index (χ3n) is 3.06. The highest BCUT2D eigenvalue weighted by Gasteiger charge is 2.18. The van der Waals surface area contributed by atoms with Gasteiger partial charge in [0.05, 0.1) is 18.2 Å². The van der Waals surface area contributed by atoms with Crippen molar-refractivity contribution in [1.29, 1.82) is 0 Å². The van der Waals surface area contributed by atoms with Crippen LogP contribution in [0.15, 0.2) is 12.4 Å². The number of aromatic carboxylic acids is 1. The Balaban J connectivity index is 2.12. The molecule has 0 aliphatic carbocycles. The molecule has 0 saturated carbocycles. The summed E-state index contributed by atoms with van der Waals surface area (Å²) in [7, 11) is 1.74. The number of aryl methyl sites for hydroxylation is 1. The molecule has 0 unspecified atom stereocenters. The summed E-state index contributed by atoms with van der Waals surface area (Å²) in [6.07, 6.45) is 4.93. The molecule has 7 nitrogen and oxygen atoms in total. The molecule has 2 aromatic heterocycles. The number of carboxylic acid groups (broad SMARTS) is 1. The smallest absolute Gasteiger partial charge is 0.341 e. The molecule has 0 aliphatic heterocycles. The van der Waals surface area contributed by atoms with Crippen LogP contribution in [0, 0.1) is 0 Å². The van der Waals surface area contributed by atoms with E-state index in [1.165, 1.54) is 6.20 Å². The number of hydrogen-bond donors (Lipinski definition) is 1. The van der Waals surface area contributed by atoms with Crippen LogP contribution in [0.5, 0.6) is 5.75 Å². The Hall–Kier alpha value is -2.15. The molecule has 0 aromatic carbocycles. The van der Waals surface area contributed by atoms with E-state index < -0.39 is 5.97 Å². The highest BCUT2D eigenvalue weighted by Crippen LogP contribution is 2.28. The second-order valence-electron chi connectivity index (χ2n) is 4.63. The van der Waals surface area contributed by atoms with Gasteiger partial charge in [0, 0.05) is 19.9 Å². The van der Waals surface area contributed by atoms with Crippen LogP contribution in [-0.4, -0.2) is 45.7 Å². The molecule has 0 fully saturated rings. The average molecular weight is 293 g/mol. The normalized spacial score (nSPS) is 11.0. The summed E-state index contributed by atoms with van der Waals surface area (Å²) in [5.74, 6) is -0.783. The minimum absolute atomic E-state index is 0.0315. The lowest BCUT2D eigenvalue weighted by molar-refractivity contribution is 0.0685. The molecule has 0 saturated heterocycles. The molecule has 0 spiro atoms. The second-order valence-corrected chi connectivity index (χ2v) is 4.63. The summed E-state index contributed by atoms with van der Waals surface area (Å²) in [5, 5.41) is 13.9. The molecular weight excluding hydrogens is 274 g/mol. The van der Waals surface area contributed by atoms with Gasteiger partial charge in [-0.15, -0.1) is 0 Å². The van der Waals surface area contributed by atoms with Crippen LogP contribution in [0.1, 0.15) is 30.1 Å². The minimum atomic E-state index is -1.07. The van der Waals surface area contributed by atoms with Gasteiger partial charge in [0.25, 0.3) is 0 Å². The van der Waals surface area contributed by atoms with Crippen molar-refractivity contribution >= 4 is 17.0 Å². The summed E-state index contributed by atoms with van der Waals surface area (Å²) >= 11 is 0. The van der Waals surface area contributed by atoms with E-state index in [1.54, 1.807) is 17.9 Å². The largest absolute Gasteiger partial charge is 0.489 e. The molecule has 0 bridgehead atoms. The number of carboxylic acids is 1. The Morgan fingerprint density at radius 1 is 1.33 bits per heavy atom. The maximum Gasteiger partial charge on any atom is 0.341 e. The van der Waals surface area contributed by atoms with E-state index in [0.29, 0.717) is 30.0 Å². The van der Waals surface area contributed by atoms with Crippen LogP contribution < -0.4 is 4.74 Å². The van der Waals surface area contributed by atoms with E-state index in [4.69, 9.17) is 9.47 Å². The number of aromatic nitrogens is 3. The standard InChI is InChI=1S/C14H19N3O4/c1-3-4-5-20-6-7-21-12-10-9-16-17(2)13(10)15-8-11(12)14(18)19/h8-9H,3-7H2,1-2H3,(H,18,19). The van der Waals surface area contributed by atoms with Gasteiger partial charge in [-0.1, -0.05) is 13.3 Å². The highest BCUT2D eigenvalue weighted by atomic mass is 16.5. The van der Waals surface area contributed by atoms with Crippen molar-refractivity contribution < 1.29 is 19.4 Å². The Kier molecular flexibility index (Phi) is 5.10. The molecule has 2 aromatic rings. The SMILES string of the molecule is CCCCOCCOc1c(C(=O)O)cnc2c1cnn2C. The first-order chi connectivity index (χ1) is 10.1. The molecule has 7 heteroatoms. The van der Waals surface area contributed by atoms with Crippen LogP contribution >= 0.6 is 0 Å². The van der Waals surface area contributed by atoms with Crippen LogP contribution in [0.2, 0.25) is 0 Å². The lowest BCUT2D eigenvalue weighted by Crippen LogP contribution is -2.11. The minimum Gasteiger partial charge on any atom is -0.489 e. The first-order valence-corrected chi connectivity index (χ1v) is 6.89. The number of unbranched alkanes of at least 4 members (excludes halogenated alkanes) is 1. The Morgan fingerprint density at radius 3 is 2.86 bits per heavy atom. The van der Waals surface area contributed by atoms with E-state index in [9.17, 15) is 9.90 Å². The fraction of sp³-hybridized carbons (Fsp3) is 0.500. The van der Waals surface area contributed by atoms with Crippen molar-refractivity contribution in [2.75, 3.05) is 19.8 Å². The van der Waals surface area contributed by atoms with Gasteiger partial charge in [-0.2, -0.15) is 5.10 Å². The number of rotatable bonds is 8. The van der Waals surface area contributed by atoms with Crippen LogP contribution in [0.25, 0.3) is 11.0 Å². The maximum atomic E-state index is 11.3. The quantitative estimate of drug-likeness (QED) is 0.748. The van der Waals surface area contributed by atoms with Crippen LogP contribution in [0.3, 0.4) is 0 Å². The molecule has 114 valence electrons. The van der Waals surface area contributed by atoms with E-state index in [0.717, 1.165) is 12.8 Å². The first kappa shape index (κ1) is 15.2. The zero-order valence-corrected chi connectivity index (χ0v) is 12.2. The molecule has 0 aliphatic rings. The van der Waals surface area contributed by atoms with E-state index in [-0.39, 0.29) is 12.2 Å². The first-order valence-electron chi connectivity index (χ1n) is 6.89. The molecule has 2 heterocycles. The van der Waals surface area contributed by atoms with Gasteiger partial charge < -0.3 is 14.6 Å². The highest BCUT2D eigenvalue weighted by molar-refractivity contribution is 5.97. The third-order valence-corrected chi connectivity index (χ3v) is 3.06. The Labute approximate surface area is 122 Å². The number of fused-ring (bicyclic) bond motifs is 1. The summed E-state index contributed by atoms with van der Waals surface area (Å²) < 4.78 is 12.6. The number of ether oxygens (including phenoxy) is 2. The summed E-state index contributed by atoms with van der Waals surface area (Å²) in [5.41, 5.74) is 0.617. The summed E-state index contributed by atoms with van der Waals surface area (Å²) in [6.45, 7) is 3.49. The number of pyridine rings is 1. The predicted octanol–water partition coefficient (Wildman–Crippen LogP) is 1.86. The molecule has 1 N–H and O–H groups in total. The fourth-order valence-corrected chi connectivity index (χ4v) is 1.93. The molecule has 2 rings (SSSR count). The predicted molar refractivity (Wildman–Crippen MR) is 76.7 cm³/mol. The van der Waals surface area contributed by atoms with Crippen molar-refractivity contribution in [3.05, 3.63) is 18.0 Å². The molecule has 0 radical (unpaired) electrons. The summed E-state index contributed by atoms with van der Waals surface area (Å²) in [6, 6.07) is 0. The van der Waals surface area contributed by atoms with E-state index in [1.807, 2.05) is 0 Å². The molecular formula is C14H19N3O4. The second kappa shape index (κ2) is 7.03. The zero-order chi connectivity index (χ0) is 15.2. The lowest BCUT2D eigenvalue weighted by Gasteiger charge is -2.10. The maximum absolute atomic E-state index is 11.3. The van der Waals surface area contributed by atoms with Crippen LogP contribution in [-0.2, 0) is 11.8 Å². The average Bonchev–Trinajstić information content (AvgIpc) is 2.84. The summed E-state index contributed by atoms with van der Waals surface area (Å²) in [4.78, 5) is 15.4. The molecule has 0 amide bonds. The fourth-order valence-electron chi connectivity index (χ4n) is 1.93. The van der Waals surface area contributed by atoms with Gasteiger partial charge in [0.2, 0.25) is 0 Å². The Bertz CT molecular complexity index is 624. The molecule has 21 heavy (non-hydrogen) atoms. The van der Waals surface area contributed by atoms with Gasteiger partial charge in [0.1, 0.15) is 17.9 Å². The van der Waals surface area contributed by atoms with Crippen molar-refractivity contribution in [2.45, 2.75) is 19.8 Å². The number of nitrogens with zero attached hydrogens (tertiary/aromatic N) is 3. The molecule has 0 atom stereocenters. The van der Waals surface area contributed by atoms with Crippen molar-refractivity contribution in [3.8, 4) is 5.75 Å². The lowest BCUT2D eigenvalue weighted by atomic mass is 10.2. The Morgan fingerprint density at radius 2 is 2.14 bits per heavy atom. The van der Waals surface area contributed by atoms with Gasteiger partial charge >= 0.3 is 5.97 Å². The van der Waals surface area contributed by atoms with Crippen LogP contribution in [0.4, 0.5) is 0 Å². The number of carbonyl (C=O) groups is 1. The van der Waals surface area contributed by atoms with Gasteiger partial charge in [0.15, 0.2) is 5.65 Å². The monoisotopic (exact) mass is 293 g/mol. The van der Waals surface area contributed by atoms with Crippen molar-refractivity contribution in [3.63, 3.8) is 0 Å². The van der Waals surface area contributed by atoms with E-state index >= 15 is 0 Å². The van der Waals surface area contributed by atoms with E-state index in [2.05, 4.69) is 17.0 Å². The van der Waals surface area contributed by atoms with Gasteiger partial charge in [-0.3, -0.25) is 4.68 Å². The number of hydrogen-bond acceptors (Lipinski definition) is 5. The van der Waals surface area contributed by atoms with Crippen molar-refractivity contribution in [2.24, 2.45) is 7.05 Å². The zero-order valence-electron chi connectivity index (χ0n) is 12.2. The van der Waals surface area contributed by atoms with Gasteiger partial charge in [-0.05, 0) is 6.42 Å². The topological polar surface area (TPSA) is 86.5 Å². The van der Waals surface area contributed by atoms with Gasteiger partial charge in [-0.25, -0.2) is 9.78 Å².